The van der Waals surface area contributed by atoms with E-state index in [4.69, 9.17) is 11.6 Å². The predicted molar refractivity (Wildman–Crippen MR) is 156 cm³/mol. The molecular formula is C33H35ClN2O2. The molecule has 0 aliphatic heterocycles. The maximum Gasteiger partial charge on any atom is 0.243 e. The summed E-state index contributed by atoms with van der Waals surface area (Å²) in [6.07, 6.45) is 2.17. The van der Waals surface area contributed by atoms with Crippen molar-refractivity contribution in [2.75, 3.05) is 0 Å². The minimum absolute atomic E-state index is 0.0175. The minimum Gasteiger partial charge on any atom is -0.352 e. The third-order valence-electron chi connectivity index (χ3n) is 7.03. The van der Waals surface area contributed by atoms with Crippen LogP contribution in [0.2, 0.25) is 5.02 Å². The maximum absolute atomic E-state index is 13.9. The van der Waals surface area contributed by atoms with Crippen molar-refractivity contribution < 1.29 is 9.59 Å². The lowest BCUT2D eigenvalue weighted by molar-refractivity contribution is -0.141. The summed E-state index contributed by atoms with van der Waals surface area (Å²) in [5, 5.41) is 6.07. The van der Waals surface area contributed by atoms with Crippen LogP contribution in [-0.2, 0) is 29.0 Å². The molecule has 0 radical (unpaired) electrons. The molecule has 4 rings (SSSR count). The monoisotopic (exact) mass is 526 g/mol. The number of hydrogen-bond donors (Lipinski definition) is 1. The summed E-state index contributed by atoms with van der Waals surface area (Å²) in [5.74, 6) is -0.177. The predicted octanol–water partition coefficient (Wildman–Crippen LogP) is 6.98. The van der Waals surface area contributed by atoms with E-state index >= 15 is 0 Å². The quantitative estimate of drug-likeness (QED) is 0.229. The molecule has 0 heterocycles. The van der Waals surface area contributed by atoms with Crippen molar-refractivity contribution in [2.24, 2.45) is 0 Å². The van der Waals surface area contributed by atoms with Gasteiger partial charge in [0.15, 0.2) is 0 Å². The number of nitrogens with zero attached hydrogens (tertiary/aromatic N) is 1. The Morgan fingerprint density at radius 3 is 2.26 bits per heavy atom. The number of aryl methyl sites for hydroxylation is 1. The Bertz CT molecular complexity index is 1350. The van der Waals surface area contributed by atoms with Crippen molar-refractivity contribution in [3.8, 4) is 0 Å². The smallest absolute Gasteiger partial charge is 0.243 e. The van der Waals surface area contributed by atoms with Crippen LogP contribution in [0.25, 0.3) is 10.8 Å². The van der Waals surface area contributed by atoms with E-state index < -0.39 is 6.04 Å². The third-order valence-corrected chi connectivity index (χ3v) is 7.28. The van der Waals surface area contributed by atoms with Crippen LogP contribution < -0.4 is 5.32 Å². The molecule has 0 unspecified atom stereocenters. The Morgan fingerprint density at radius 2 is 1.53 bits per heavy atom. The molecule has 0 bridgehead atoms. The second kappa shape index (κ2) is 13.3. The Kier molecular flexibility index (Phi) is 9.56. The van der Waals surface area contributed by atoms with Crippen molar-refractivity contribution >= 4 is 34.2 Å². The van der Waals surface area contributed by atoms with Crippen LogP contribution in [0.15, 0.2) is 97.1 Å². The van der Waals surface area contributed by atoms with Crippen LogP contribution in [0.5, 0.6) is 0 Å². The van der Waals surface area contributed by atoms with Crippen molar-refractivity contribution in [2.45, 2.75) is 58.2 Å². The van der Waals surface area contributed by atoms with E-state index in [1.807, 2.05) is 86.6 Å². The zero-order chi connectivity index (χ0) is 26.9. The van der Waals surface area contributed by atoms with Gasteiger partial charge in [-0.15, -0.1) is 0 Å². The summed E-state index contributed by atoms with van der Waals surface area (Å²) >= 11 is 6.12. The fraction of sp³-hybridized carbons (Fsp3) is 0.273. The van der Waals surface area contributed by atoms with E-state index in [0.29, 0.717) is 30.8 Å². The molecule has 2 atom stereocenters. The lowest BCUT2D eigenvalue weighted by atomic mass is 9.99. The van der Waals surface area contributed by atoms with Gasteiger partial charge < -0.3 is 10.2 Å². The number of nitrogens with one attached hydrogen (secondary N) is 1. The van der Waals surface area contributed by atoms with E-state index in [1.54, 1.807) is 4.90 Å². The highest BCUT2D eigenvalue weighted by molar-refractivity contribution is 6.30. The van der Waals surface area contributed by atoms with Gasteiger partial charge in [0, 0.05) is 30.5 Å². The number of amides is 2. The first kappa shape index (κ1) is 27.4. The summed E-state index contributed by atoms with van der Waals surface area (Å²) in [6.45, 7) is 4.36. The van der Waals surface area contributed by atoms with Gasteiger partial charge in [-0.05, 0) is 59.4 Å². The minimum atomic E-state index is -0.637. The van der Waals surface area contributed by atoms with Crippen molar-refractivity contribution in [1.29, 1.82) is 0 Å². The fourth-order valence-electron chi connectivity index (χ4n) is 4.68. The van der Waals surface area contributed by atoms with Crippen LogP contribution in [-0.4, -0.2) is 28.8 Å². The van der Waals surface area contributed by atoms with Crippen molar-refractivity contribution in [3.05, 3.63) is 119 Å². The average molecular weight is 527 g/mol. The number of carbonyl (C=O) groups excluding carboxylic acids is 2. The van der Waals surface area contributed by atoms with Crippen LogP contribution >= 0.6 is 11.6 Å². The lowest BCUT2D eigenvalue weighted by Gasteiger charge is -2.32. The van der Waals surface area contributed by atoms with Gasteiger partial charge in [-0.1, -0.05) is 103 Å². The summed E-state index contributed by atoms with van der Waals surface area (Å²) in [5.41, 5.74) is 3.08. The highest BCUT2D eigenvalue weighted by atomic mass is 35.5. The molecule has 0 aromatic heterocycles. The van der Waals surface area contributed by atoms with Gasteiger partial charge in [0.05, 0.1) is 0 Å². The molecule has 0 fully saturated rings. The first-order valence-electron chi connectivity index (χ1n) is 13.3. The zero-order valence-corrected chi connectivity index (χ0v) is 22.8. The largest absolute Gasteiger partial charge is 0.352 e. The first-order valence-corrected chi connectivity index (χ1v) is 13.7. The van der Waals surface area contributed by atoms with E-state index in [2.05, 4.69) is 29.6 Å². The van der Waals surface area contributed by atoms with Gasteiger partial charge >= 0.3 is 0 Å². The topological polar surface area (TPSA) is 49.4 Å². The second-order valence-corrected chi connectivity index (χ2v) is 10.2. The Hall–Kier alpha value is -3.63. The number of carbonyl (C=O) groups is 2. The van der Waals surface area contributed by atoms with E-state index in [1.165, 1.54) is 0 Å². The Labute approximate surface area is 230 Å². The molecule has 0 aliphatic carbocycles. The average Bonchev–Trinajstić information content (AvgIpc) is 2.95. The standard InChI is InChI=1S/C33H35ClN2O2/c1-3-24(2)35-33(38)31(22-25-10-5-4-6-11-25)36(23-26-16-19-29(34)20-17-26)32(37)21-18-28-14-9-13-27-12-7-8-15-30(27)28/h4-17,19-20,24,31H,3,18,21-23H2,1-2H3,(H,35,38)/t24-,31+/m1/s1. The van der Waals surface area contributed by atoms with Crippen molar-refractivity contribution in [1.82, 2.24) is 10.2 Å². The molecule has 0 saturated carbocycles. The van der Waals surface area contributed by atoms with E-state index in [9.17, 15) is 9.59 Å². The summed E-state index contributed by atoms with van der Waals surface area (Å²) in [4.78, 5) is 29.3. The normalized spacial score (nSPS) is 12.6. The third kappa shape index (κ3) is 7.23. The SMILES string of the molecule is CC[C@@H](C)NC(=O)[C@H](Cc1ccccc1)N(Cc1ccc(Cl)cc1)C(=O)CCc1cccc2ccccc12. The Balaban J connectivity index is 1.64. The van der Waals surface area contributed by atoms with E-state index in [-0.39, 0.29) is 17.9 Å². The summed E-state index contributed by atoms with van der Waals surface area (Å²) in [6, 6.07) is 31.2. The second-order valence-electron chi connectivity index (χ2n) is 9.81. The van der Waals surface area contributed by atoms with Gasteiger partial charge in [-0.3, -0.25) is 9.59 Å². The molecule has 196 valence electrons. The lowest BCUT2D eigenvalue weighted by Crippen LogP contribution is -2.52. The van der Waals surface area contributed by atoms with Gasteiger partial charge in [0.25, 0.3) is 0 Å². The van der Waals surface area contributed by atoms with Crippen LogP contribution in [0.1, 0.15) is 43.4 Å². The summed E-state index contributed by atoms with van der Waals surface area (Å²) in [7, 11) is 0. The molecule has 5 heteroatoms. The number of halogens is 1. The molecule has 0 aliphatic rings. The molecule has 4 nitrogen and oxygen atoms in total. The fourth-order valence-corrected chi connectivity index (χ4v) is 4.80. The number of fused-ring (bicyclic) bond motifs is 1. The van der Waals surface area contributed by atoms with Gasteiger partial charge in [-0.2, -0.15) is 0 Å². The zero-order valence-electron chi connectivity index (χ0n) is 22.1. The van der Waals surface area contributed by atoms with Gasteiger partial charge in [0.2, 0.25) is 11.8 Å². The number of hydrogen-bond acceptors (Lipinski definition) is 2. The first-order chi connectivity index (χ1) is 18.4. The molecule has 2 amide bonds. The number of benzene rings is 4. The Morgan fingerprint density at radius 1 is 0.842 bits per heavy atom. The van der Waals surface area contributed by atoms with Crippen LogP contribution in [0.4, 0.5) is 0 Å². The van der Waals surface area contributed by atoms with Gasteiger partial charge in [0.1, 0.15) is 6.04 Å². The number of rotatable bonds is 11. The summed E-state index contributed by atoms with van der Waals surface area (Å²) < 4.78 is 0. The molecule has 4 aromatic carbocycles. The molecule has 0 saturated heterocycles. The van der Waals surface area contributed by atoms with Crippen LogP contribution in [0, 0.1) is 0 Å². The highest BCUT2D eigenvalue weighted by Gasteiger charge is 2.30. The molecule has 38 heavy (non-hydrogen) atoms. The van der Waals surface area contributed by atoms with Gasteiger partial charge in [-0.25, -0.2) is 0 Å². The van der Waals surface area contributed by atoms with E-state index in [0.717, 1.165) is 33.9 Å². The maximum atomic E-state index is 13.9. The highest BCUT2D eigenvalue weighted by Crippen LogP contribution is 2.22. The van der Waals surface area contributed by atoms with Crippen LogP contribution in [0.3, 0.4) is 0 Å². The molecular weight excluding hydrogens is 492 g/mol. The molecule has 4 aromatic rings. The molecule has 0 spiro atoms. The van der Waals surface area contributed by atoms with Crippen molar-refractivity contribution in [3.63, 3.8) is 0 Å². The molecule has 1 N–H and O–H groups in total.